The second-order valence-corrected chi connectivity index (χ2v) is 7.70. The van der Waals surface area contributed by atoms with Crippen molar-refractivity contribution in [2.75, 3.05) is 32.8 Å². The van der Waals surface area contributed by atoms with Crippen molar-refractivity contribution in [3.8, 4) is 6.07 Å². The van der Waals surface area contributed by atoms with Gasteiger partial charge in [-0.2, -0.15) is 5.26 Å². The summed E-state index contributed by atoms with van der Waals surface area (Å²) in [4.78, 5) is 28.1. The minimum atomic E-state index is -0.214. The Morgan fingerprint density at radius 1 is 1.38 bits per heavy atom. The Morgan fingerprint density at radius 3 is 2.88 bits per heavy atom. The van der Waals surface area contributed by atoms with E-state index in [9.17, 15) is 9.59 Å². The molecule has 1 aromatic rings. The van der Waals surface area contributed by atoms with Crippen molar-refractivity contribution in [2.24, 2.45) is 5.92 Å². The van der Waals surface area contributed by atoms with Crippen molar-refractivity contribution >= 4 is 11.8 Å². The predicted octanol–water partition coefficient (Wildman–Crippen LogP) is 1.80. The summed E-state index contributed by atoms with van der Waals surface area (Å²) in [7, 11) is 0. The second kappa shape index (κ2) is 6.73. The van der Waals surface area contributed by atoms with Gasteiger partial charge in [-0.15, -0.1) is 0 Å². The number of carbonyl (C=O) groups excluding carboxylic acids is 2. The van der Waals surface area contributed by atoms with Crippen LogP contribution in [0.1, 0.15) is 41.6 Å². The number of nitrogens with zero attached hydrogens (tertiary/aromatic N) is 3. The van der Waals surface area contributed by atoms with Crippen LogP contribution in [0.25, 0.3) is 0 Å². The maximum atomic E-state index is 12.6. The molecule has 1 aromatic carbocycles. The summed E-state index contributed by atoms with van der Waals surface area (Å²) in [6.45, 7) is 3.56. The number of ether oxygens (including phenoxy) is 1. The van der Waals surface area contributed by atoms with E-state index in [1.54, 1.807) is 29.2 Å². The number of carbonyl (C=O) groups is 2. The predicted molar refractivity (Wildman–Crippen MR) is 94.3 cm³/mol. The molecule has 3 aliphatic heterocycles. The monoisotopic (exact) mass is 353 g/mol. The van der Waals surface area contributed by atoms with Crippen LogP contribution in [0.15, 0.2) is 24.3 Å². The van der Waals surface area contributed by atoms with Crippen molar-refractivity contribution in [3.05, 3.63) is 35.4 Å². The molecule has 136 valence electrons. The summed E-state index contributed by atoms with van der Waals surface area (Å²) in [6, 6.07) is 8.89. The average molecular weight is 353 g/mol. The number of nitriles is 1. The summed E-state index contributed by atoms with van der Waals surface area (Å²) in [5.41, 5.74) is 0.841. The largest absolute Gasteiger partial charge is 0.371 e. The minimum Gasteiger partial charge on any atom is -0.371 e. The maximum Gasteiger partial charge on any atom is 0.254 e. The number of amides is 2. The first-order chi connectivity index (χ1) is 12.6. The summed E-state index contributed by atoms with van der Waals surface area (Å²) < 4.78 is 6.14. The first-order valence-corrected chi connectivity index (χ1v) is 9.30. The number of hydrogen-bond acceptors (Lipinski definition) is 4. The van der Waals surface area contributed by atoms with Gasteiger partial charge in [0.2, 0.25) is 5.91 Å². The molecule has 2 amide bonds. The zero-order chi connectivity index (χ0) is 18.1. The van der Waals surface area contributed by atoms with E-state index in [-0.39, 0.29) is 17.4 Å². The van der Waals surface area contributed by atoms with Crippen molar-refractivity contribution in [1.82, 2.24) is 9.80 Å². The standard InChI is InChI=1S/C20H23N3O3/c21-10-15-3-1-4-17(9-15)19(25)23-13-20(14-23)7-6-16(12-26-20)11-22-8-2-5-18(22)24/h1,3-4,9,16H,2,5-8,11-14H2/t16-/m0/s1. The molecule has 26 heavy (non-hydrogen) atoms. The molecule has 3 fully saturated rings. The quantitative estimate of drug-likeness (QED) is 0.831. The molecular weight excluding hydrogens is 330 g/mol. The lowest BCUT2D eigenvalue weighted by atomic mass is 9.82. The first kappa shape index (κ1) is 17.0. The van der Waals surface area contributed by atoms with Crippen LogP contribution in [-0.4, -0.2) is 60.0 Å². The molecule has 4 rings (SSSR count). The van der Waals surface area contributed by atoms with E-state index in [1.165, 1.54) is 0 Å². The Bertz CT molecular complexity index is 754. The molecular formula is C20H23N3O3. The van der Waals surface area contributed by atoms with Crippen LogP contribution in [0.2, 0.25) is 0 Å². The van der Waals surface area contributed by atoms with Crippen LogP contribution in [0.3, 0.4) is 0 Å². The van der Waals surface area contributed by atoms with Gasteiger partial charge in [0, 0.05) is 31.0 Å². The topological polar surface area (TPSA) is 73.6 Å². The third-order valence-corrected chi connectivity index (χ3v) is 5.77. The molecule has 0 aromatic heterocycles. The molecule has 0 unspecified atom stereocenters. The van der Waals surface area contributed by atoms with Gasteiger partial charge < -0.3 is 14.5 Å². The molecule has 1 atom stereocenters. The van der Waals surface area contributed by atoms with E-state index >= 15 is 0 Å². The van der Waals surface area contributed by atoms with Crippen molar-refractivity contribution in [3.63, 3.8) is 0 Å². The highest BCUT2D eigenvalue weighted by molar-refractivity contribution is 5.95. The Balaban J connectivity index is 1.29. The molecule has 0 aliphatic carbocycles. The van der Waals surface area contributed by atoms with Crippen LogP contribution in [0, 0.1) is 17.2 Å². The van der Waals surface area contributed by atoms with Gasteiger partial charge in [0.25, 0.3) is 5.91 Å². The third-order valence-electron chi connectivity index (χ3n) is 5.77. The van der Waals surface area contributed by atoms with Crippen LogP contribution in [-0.2, 0) is 9.53 Å². The van der Waals surface area contributed by atoms with Gasteiger partial charge in [0.1, 0.15) is 5.60 Å². The lowest BCUT2D eigenvalue weighted by Gasteiger charge is -2.53. The molecule has 0 N–H and O–H groups in total. The molecule has 0 radical (unpaired) electrons. The highest BCUT2D eigenvalue weighted by Crippen LogP contribution is 2.37. The van der Waals surface area contributed by atoms with Crippen LogP contribution < -0.4 is 0 Å². The fourth-order valence-corrected chi connectivity index (χ4v) is 4.22. The number of hydrogen-bond donors (Lipinski definition) is 0. The van der Waals surface area contributed by atoms with E-state index in [0.29, 0.717) is 43.2 Å². The minimum absolute atomic E-state index is 0.0406. The van der Waals surface area contributed by atoms with Crippen LogP contribution in [0.4, 0.5) is 0 Å². The third kappa shape index (κ3) is 3.19. The zero-order valence-corrected chi connectivity index (χ0v) is 14.8. The lowest BCUT2D eigenvalue weighted by molar-refractivity contribution is -0.169. The zero-order valence-electron chi connectivity index (χ0n) is 14.8. The molecule has 0 saturated carbocycles. The molecule has 6 nitrogen and oxygen atoms in total. The number of benzene rings is 1. The molecule has 3 aliphatic rings. The van der Waals surface area contributed by atoms with Gasteiger partial charge >= 0.3 is 0 Å². The Kier molecular flexibility index (Phi) is 4.41. The maximum absolute atomic E-state index is 12.6. The summed E-state index contributed by atoms with van der Waals surface area (Å²) in [6.07, 6.45) is 3.62. The Hall–Kier alpha value is -2.39. The van der Waals surface area contributed by atoms with E-state index < -0.39 is 0 Å². The van der Waals surface area contributed by atoms with Crippen LogP contribution >= 0.6 is 0 Å². The lowest BCUT2D eigenvalue weighted by Crippen LogP contribution is -2.66. The van der Waals surface area contributed by atoms with E-state index in [1.807, 2.05) is 4.90 Å². The SMILES string of the molecule is N#Cc1cccc(C(=O)N2CC3(CC[C@@H](CN4CCCC4=O)CO3)C2)c1. The van der Waals surface area contributed by atoms with Gasteiger partial charge in [0.15, 0.2) is 0 Å². The average Bonchev–Trinajstić information content (AvgIpc) is 3.05. The number of rotatable bonds is 3. The van der Waals surface area contributed by atoms with Gasteiger partial charge in [-0.05, 0) is 37.5 Å². The van der Waals surface area contributed by atoms with Crippen molar-refractivity contribution in [1.29, 1.82) is 5.26 Å². The van der Waals surface area contributed by atoms with Crippen LogP contribution in [0.5, 0.6) is 0 Å². The van der Waals surface area contributed by atoms with Gasteiger partial charge in [0.05, 0.1) is 31.3 Å². The fraction of sp³-hybridized carbons (Fsp3) is 0.550. The normalized spacial score (nSPS) is 24.4. The van der Waals surface area contributed by atoms with E-state index in [4.69, 9.17) is 10.00 Å². The van der Waals surface area contributed by atoms with Crippen molar-refractivity contribution in [2.45, 2.75) is 31.3 Å². The van der Waals surface area contributed by atoms with E-state index in [0.717, 1.165) is 32.4 Å². The summed E-state index contributed by atoms with van der Waals surface area (Å²) in [5.74, 6) is 0.631. The molecule has 1 spiro atoms. The highest BCUT2D eigenvalue weighted by Gasteiger charge is 2.48. The summed E-state index contributed by atoms with van der Waals surface area (Å²) >= 11 is 0. The Labute approximate surface area is 153 Å². The van der Waals surface area contributed by atoms with E-state index in [2.05, 4.69) is 6.07 Å². The van der Waals surface area contributed by atoms with Crippen molar-refractivity contribution < 1.29 is 14.3 Å². The summed E-state index contributed by atoms with van der Waals surface area (Å²) in [5, 5.41) is 8.98. The van der Waals surface area contributed by atoms with Gasteiger partial charge in [-0.3, -0.25) is 9.59 Å². The Morgan fingerprint density at radius 2 is 2.23 bits per heavy atom. The molecule has 6 heteroatoms. The van der Waals surface area contributed by atoms with Gasteiger partial charge in [-0.25, -0.2) is 0 Å². The molecule has 0 bridgehead atoms. The molecule has 3 heterocycles. The van der Waals surface area contributed by atoms with Gasteiger partial charge in [-0.1, -0.05) is 6.07 Å². The second-order valence-electron chi connectivity index (χ2n) is 7.70. The number of likely N-dealkylation sites (tertiary alicyclic amines) is 2. The smallest absolute Gasteiger partial charge is 0.254 e. The highest BCUT2D eigenvalue weighted by atomic mass is 16.5. The molecule has 3 saturated heterocycles. The fourth-order valence-electron chi connectivity index (χ4n) is 4.22. The first-order valence-electron chi connectivity index (χ1n) is 9.30.